The molecule has 38 heavy (non-hydrogen) atoms. The highest BCUT2D eigenvalue weighted by atomic mass is 16.6. The van der Waals surface area contributed by atoms with Gasteiger partial charge in [-0.1, -0.05) is 24.3 Å². The lowest BCUT2D eigenvalue weighted by molar-refractivity contribution is -0.139. The maximum absolute atomic E-state index is 12.1. The van der Waals surface area contributed by atoms with Crippen LogP contribution in [0, 0.1) is 0 Å². The largest absolute Gasteiger partial charge is 0.492 e. The molecular weight excluding hydrogens is 484 g/mol. The number of carboxylic acid groups (broad SMARTS) is 1. The minimum atomic E-state index is -1.08. The fraction of sp³-hybridized carbons (Fsp3) is 0.552. The first-order valence-corrected chi connectivity index (χ1v) is 13.5. The summed E-state index contributed by atoms with van der Waals surface area (Å²) in [6.07, 6.45) is 4.56. The van der Waals surface area contributed by atoms with E-state index in [0.29, 0.717) is 19.7 Å². The molecule has 9 nitrogen and oxygen atoms in total. The van der Waals surface area contributed by atoms with Crippen molar-refractivity contribution in [2.45, 2.75) is 70.9 Å². The predicted octanol–water partition coefficient (Wildman–Crippen LogP) is 4.51. The van der Waals surface area contributed by atoms with Crippen LogP contribution in [0.5, 0.6) is 5.75 Å². The molecule has 1 aliphatic heterocycles. The smallest absolute Gasteiger partial charge is 0.408 e. The summed E-state index contributed by atoms with van der Waals surface area (Å²) in [6.45, 7) is 8.64. The Morgan fingerprint density at radius 2 is 1.89 bits per heavy atom. The number of carboxylic acids is 1. The molecule has 9 heteroatoms. The lowest BCUT2D eigenvalue weighted by Gasteiger charge is -2.25. The van der Waals surface area contributed by atoms with Gasteiger partial charge in [-0.3, -0.25) is 4.90 Å². The monoisotopic (exact) mass is 526 g/mol. The van der Waals surface area contributed by atoms with Crippen LogP contribution >= 0.6 is 0 Å². The molecule has 0 spiro atoms. The van der Waals surface area contributed by atoms with Crippen molar-refractivity contribution >= 4 is 17.9 Å². The number of aliphatic carboxylic acids is 1. The molecule has 0 fully saturated rings. The zero-order valence-corrected chi connectivity index (χ0v) is 22.9. The van der Waals surface area contributed by atoms with Crippen LogP contribution in [0.3, 0.4) is 0 Å². The van der Waals surface area contributed by atoms with E-state index in [1.54, 1.807) is 20.8 Å². The second-order valence-corrected chi connectivity index (χ2v) is 10.6. The Hall–Kier alpha value is -3.33. The third-order valence-electron chi connectivity index (χ3n) is 6.25. The molecule has 1 aromatic heterocycles. The molecule has 208 valence electrons. The van der Waals surface area contributed by atoms with Crippen molar-refractivity contribution in [2.24, 2.45) is 0 Å². The van der Waals surface area contributed by atoms with Gasteiger partial charge in [-0.2, -0.15) is 0 Å². The maximum Gasteiger partial charge on any atom is 0.408 e. The highest BCUT2D eigenvalue weighted by Gasteiger charge is 2.24. The quantitative estimate of drug-likeness (QED) is 0.308. The van der Waals surface area contributed by atoms with E-state index < -0.39 is 23.7 Å². The van der Waals surface area contributed by atoms with Crippen LogP contribution in [0.15, 0.2) is 42.5 Å². The first kappa shape index (κ1) is 29.2. The van der Waals surface area contributed by atoms with Gasteiger partial charge in [-0.15, -0.1) is 0 Å². The van der Waals surface area contributed by atoms with Crippen molar-refractivity contribution in [1.29, 1.82) is 0 Å². The van der Waals surface area contributed by atoms with E-state index in [0.717, 1.165) is 62.5 Å². The summed E-state index contributed by atoms with van der Waals surface area (Å²) in [5, 5.41) is 15.5. The van der Waals surface area contributed by atoms with E-state index in [2.05, 4.69) is 27.7 Å². The molecule has 1 amide bonds. The summed E-state index contributed by atoms with van der Waals surface area (Å²) in [5.41, 5.74) is 1.68. The molecular formula is C29H42N4O5. The second kappa shape index (κ2) is 14.6. The fourth-order valence-electron chi connectivity index (χ4n) is 4.31. The number of hydrogen-bond acceptors (Lipinski definition) is 7. The Balaban J connectivity index is 1.51. The van der Waals surface area contributed by atoms with E-state index >= 15 is 0 Å². The van der Waals surface area contributed by atoms with E-state index in [9.17, 15) is 14.7 Å². The van der Waals surface area contributed by atoms with Crippen LogP contribution in [0.2, 0.25) is 0 Å². The number of aryl methyl sites for hydroxylation is 2. The number of benzene rings is 1. The Labute approximate surface area is 225 Å². The van der Waals surface area contributed by atoms with Gasteiger partial charge in [0.1, 0.15) is 29.8 Å². The maximum atomic E-state index is 12.1. The first-order chi connectivity index (χ1) is 18.2. The van der Waals surface area contributed by atoms with Crippen LogP contribution in [-0.4, -0.2) is 71.5 Å². The van der Waals surface area contributed by atoms with Gasteiger partial charge < -0.3 is 25.2 Å². The van der Waals surface area contributed by atoms with Gasteiger partial charge in [0.25, 0.3) is 0 Å². The average Bonchev–Trinajstić information content (AvgIpc) is 2.87. The molecule has 1 aromatic carbocycles. The number of unbranched alkanes of at least 4 members (excludes halogenated alkanes) is 1. The molecule has 0 radical (unpaired) electrons. The number of carbonyl (C=O) groups is 2. The zero-order chi connectivity index (χ0) is 27.4. The number of hydrogen-bond donors (Lipinski definition) is 3. The molecule has 1 atom stereocenters. The lowest BCUT2D eigenvalue weighted by atomic mass is 10.1. The third-order valence-corrected chi connectivity index (χ3v) is 6.25. The van der Waals surface area contributed by atoms with E-state index in [-0.39, 0.29) is 6.42 Å². The number of carbonyl (C=O) groups excluding carboxylic acids is 1. The topological polar surface area (TPSA) is 113 Å². The third kappa shape index (κ3) is 10.6. The Morgan fingerprint density at radius 3 is 2.63 bits per heavy atom. The molecule has 3 rings (SSSR count). The summed E-state index contributed by atoms with van der Waals surface area (Å²) in [4.78, 5) is 30.9. The van der Waals surface area contributed by atoms with Gasteiger partial charge in [0.05, 0.1) is 0 Å². The van der Waals surface area contributed by atoms with Gasteiger partial charge in [-0.25, -0.2) is 14.6 Å². The lowest BCUT2D eigenvalue weighted by Crippen LogP contribution is -2.45. The summed E-state index contributed by atoms with van der Waals surface area (Å²) in [6, 6.07) is 12.9. The zero-order valence-electron chi connectivity index (χ0n) is 22.9. The number of nitrogens with one attached hydrogen (secondary N) is 2. The molecule has 0 saturated heterocycles. The first-order valence-electron chi connectivity index (χ1n) is 13.5. The number of ether oxygens (including phenoxy) is 2. The number of nitrogens with zero attached hydrogens (tertiary/aromatic N) is 2. The van der Waals surface area contributed by atoms with Gasteiger partial charge >= 0.3 is 12.1 Å². The van der Waals surface area contributed by atoms with E-state index in [4.69, 9.17) is 14.5 Å². The number of aromatic nitrogens is 1. The summed E-state index contributed by atoms with van der Waals surface area (Å²) in [7, 11) is 0. The Bertz CT molecular complexity index is 1030. The number of para-hydroxylation sites is 1. The van der Waals surface area contributed by atoms with Gasteiger partial charge in [0, 0.05) is 25.3 Å². The second-order valence-electron chi connectivity index (χ2n) is 10.6. The van der Waals surface area contributed by atoms with Crippen LogP contribution in [0.1, 0.15) is 57.7 Å². The Morgan fingerprint density at radius 1 is 1.11 bits per heavy atom. The van der Waals surface area contributed by atoms with Crippen LogP contribution < -0.4 is 15.4 Å². The van der Waals surface area contributed by atoms with Crippen molar-refractivity contribution in [3.8, 4) is 5.75 Å². The number of anilines is 1. The van der Waals surface area contributed by atoms with Crippen LogP contribution in [0.25, 0.3) is 0 Å². The number of rotatable bonds is 14. The average molecular weight is 527 g/mol. The number of alkyl carbamates (subject to hydrolysis) is 1. The van der Waals surface area contributed by atoms with Crippen LogP contribution in [0.4, 0.5) is 10.6 Å². The minimum absolute atomic E-state index is 0.262. The van der Waals surface area contributed by atoms with E-state index in [1.807, 2.05) is 30.3 Å². The molecule has 2 heterocycles. The molecule has 1 unspecified atom stereocenters. The SMILES string of the molecule is CC(C)(C)OC(=O)NC(CCN(CCCCc1ccc2c(n1)NCCC2)CCOc1ccccc1)C(=O)O. The van der Waals surface area contributed by atoms with Crippen molar-refractivity contribution < 1.29 is 24.2 Å². The van der Waals surface area contributed by atoms with Crippen molar-refractivity contribution in [3.05, 3.63) is 53.7 Å². The molecule has 0 saturated carbocycles. The van der Waals surface area contributed by atoms with Crippen molar-refractivity contribution in [1.82, 2.24) is 15.2 Å². The number of fused-ring (bicyclic) bond motifs is 1. The van der Waals surface area contributed by atoms with Crippen LogP contribution in [-0.2, 0) is 22.4 Å². The minimum Gasteiger partial charge on any atom is -0.492 e. The van der Waals surface area contributed by atoms with Crippen molar-refractivity contribution in [3.63, 3.8) is 0 Å². The highest BCUT2D eigenvalue weighted by Crippen LogP contribution is 2.20. The van der Waals surface area contributed by atoms with Gasteiger partial charge in [0.2, 0.25) is 0 Å². The Kier molecular flexibility index (Phi) is 11.2. The number of pyridine rings is 1. The van der Waals surface area contributed by atoms with E-state index in [1.165, 1.54) is 5.56 Å². The molecule has 0 bridgehead atoms. The van der Waals surface area contributed by atoms with Gasteiger partial charge in [0.15, 0.2) is 0 Å². The molecule has 3 N–H and O–H groups in total. The summed E-state index contributed by atoms with van der Waals surface area (Å²) < 4.78 is 11.1. The molecule has 2 aromatic rings. The van der Waals surface area contributed by atoms with Crippen molar-refractivity contribution in [2.75, 3.05) is 38.1 Å². The summed E-state index contributed by atoms with van der Waals surface area (Å²) >= 11 is 0. The standard InChI is InChI=1S/C29H42N4O5/c1-29(2,3)38-28(36)32-25(27(34)35)16-19-33(20-21-37-24-12-5-4-6-13-24)18-8-7-11-23-15-14-22-10-9-17-30-26(22)31-23/h4-6,12-15,25H,7-11,16-21H2,1-3H3,(H,30,31)(H,32,36)(H,34,35). The normalized spacial score (nSPS) is 13.8. The molecule has 0 aliphatic carbocycles. The number of amides is 1. The highest BCUT2D eigenvalue weighted by molar-refractivity contribution is 5.80. The predicted molar refractivity (Wildman–Crippen MR) is 148 cm³/mol. The van der Waals surface area contributed by atoms with Gasteiger partial charge in [-0.05, 0) is 89.6 Å². The molecule has 1 aliphatic rings. The fourth-order valence-corrected chi connectivity index (χ4v) is 4.31. The summed E-state index contributed by atoms with van der Waals surface area (Å²) in [5.74, 6) is 0.739.